The van der Waals surface area contributed by atoms with E-state index in [4.69, 9.17) is 16.7 Å². The lowest BCUT2D eigenvalue weighted by Crippen LogP contribution is -1.97. The van der Waals surface area contributed by atoms with Crippen LogP contribution in [0.1, 0.15) is 15.9 Å². The smallest absolute Gasteiger partial charge is 0.337 e. The first-order valence-electron chi connectivity index (χ1n) is 3.63. The van der Waals surface area contributed by atoms with Crippen LogP contribution < -0.4 is 0 Å². The van der Waals surface area contributed by atoms with E-state index >= 15 is 0 Å². The van der Waals surface area contributed by atoms with Gasteiger partial charge in [-0.15, -0.1) is 0 Å². The van der Waals surface area contributed by atoms with Crippen LogP contribution in [0.4, 0.5) is 0 Å². The second-order valence-corrected chi connectivity index (χ2v) is 2.79. The summed E-state index contributed by atoms with van der Waals surface area (Å²) >= 11 is 5.63. The standard InChI is InChI=1S/C10H5ClO3/c11-9-4-3-7(2-1-5-12)6-8(9)10(13)14/h3-6H,(H,13,14). The third kappa shape index (κ3) is 2.35. The Morgan fingerprint density at radius 3 is 2.79 bits per heavy atom. The van der Waals surface area contributed by atoms with Crippen LogP contribution >= 0.6 is 11.6 Å². The monoisotopic (exact) mass is 208 g/mol. The maximum absolute atomic E-state index is 10.6. The Morgan fingerprint density at radius 1 is 1.50 bits per heavy atom. The molecule has 0 aliphatic carbocycles. The molecule has 0 saturated carbocycles. The molecule has 0 radical (unpaired) electrons. The lowest BCUT2D eigenvalue weighted by molar-refractivity contribution is -0.103. The van der Waals surface area contributed by atoms with E-state index in [1.54, 1.807) is 6.07 Å². The Hall–Kier alpha value is -1.79. The number of rotatable bonds is 1. The van der Waals surface area contributed by atoms with Gasteiger partial charge in [0.1, 0.15) is 0 Å². The second-order valence-electron chi connectivity index (χ2n) is 2.39. The summed E-state index contributed by atoms with van der Waals surface area (Å²) in [7, 11) is 0. The molecule has 0 heterocycles. The Kier molecular flexibility index (Phi) is 3.27. The molecule has 0 saturated heterocycles. The van der Waals surface area contributed by atoms with Gasteiger partial charge in [0.2, 0.25) is 0 Å². The van der Waals surface area contributed by atoms with Crippen LogP contribution in [-0.2, 0) is 4.79 Å². The molecule has 0 fully saturated rings. The first-order chi connectivity index (χ1) is 6.65. The van der Waals surface area contributed by atoms with Crippen LogP contribution in [0.15, 0.2) is 18.2 Å². The van der Waals surface area contributed by atoms with Crippen molar-refractivity contribution in [3.63, 3.8) is 0 Å². The first kappa shape index (κ1) is 10.3. The third-order valence-corrected chi connectivity index (χ3v) is 1.80. The fraction of sp³-hybridized carbons (Fsp3) is 0. The van der Waals surface area contributed by atoms with Crippen molar-refractivity contribution in [2.45, 2.75) is 0 Å². The van der Waals surface area contributed by atoms with Crippen LogP contribution in [0, 0.1) is 11.8 Å². The van der Waals surface area contributed by atoms with E-state index in [1.165, 1.54) is 12.1 Å². The highest BCUT2D eigenvalue weighted by Crippen LogP contribution is 2.16. The average molecular weight is 209 g/mol. The van der Waals surface area contributed by atoms with Gasteiger partial charge in [-0.3, -0.25) is 4.79 Å². The largest absolute Gasteiger partial charge is 0.478 e. The molecular weight excluding hydrogens is 204 g/mol. The van der Waals surface area contributed by atoms with E-state index in [0.29, 0.717) is 11.8 Å². The van der Waals surface area contributed by atoms with Gasteiger partial charge in [-0.2, -0.15) is 0 Å². The third-order valence-electron chi connectivity index (χ3n) is 1.47. The van der Waals surface area contributed by atoms with E-state index in [2.05, 4.69) is 11.8 Å². The fourth-order valence-corrected chi connectivity index (χ4v) is 1.08. The Labute approximate surface area is 85.3 Å². The molecule has 1 N–H and O–H groups in total. The molecule has 3 nitrogen and oxygen atoms in total. The van der Waals surface area contributed by atoms with Crippen molar-refractivity contribution in [3.05, 3.63) is 34.3 Å². The number of halogens is 1. The van der Waals surface area contributed by atoms with Crippen LogP contribution in [0.2, 0.25) is 5.02 Å². The zero-order chi connectivity index (χ0) is 10.6. The summed E-state index contributed by atoms with van der Waals surface area (Å²) in [4.78, 5) is 20.6. The Bertz CT molecular complexity index is 440. The summed E-state index contributed by atoms with van der Waals surface area (Å²) in [6, 6.07) is 4.30. The predicted molar refractivity (Wildman–Crippen MR) is 51.4 cm³/mol. The van der Waals surface area contributed by atoms with Gasteiger partial charge in [0, 0.05) is 5.56 Å². The van der Waals surface area contributed by atoms with Gasteiger partial charge >= 0.3 is 5.97 Å². The van der Waals surface area contributed by atoms with Gasteiger partial charge in [0.25, 0.3) is 0 Å². The minimum absolute atomic E-state index is 0.0237. The lowest BCUT2D eigenvalue weighted by Gasteiger charge is -1.98. The van der Waals surface area contributed by atoms with Crippen molar-refractivity contribution in [2.24, 2.45) is 0 Å². The van der Waals surface area contributed by atoms with Crippen LogP contribution in [-0.4, -0.2) is 17.4 Å². The van der Waals surface area contributed by atoms with Gasteiger partial charge in [-0.1, -0.05) is 17.5 Å². The quantitative estimate of drug-likeness (QED) is 0.563. The maximum Gasteiger partial charge on any atom is 0.337 e. The highest BCUT2D eigenvalue weighted by Gasteiger charge is 2.07. The van der Waals surface area contributed by atoms with Crippen LogP contribution in [0.25, 0.3) is 0 Å². The summed E-state index contributed by atoms with van der Waals surface area (Å²) in [5, 5.41) is 8.86. The fourth-order valence-electron chi connectivity index (χ4n) is 0.880. The minimum Gasteiger partial charge on any atom is -0.478 e. The molecule has 0 aliphatic heterocycles. The summed E-state index contributed by atoms with van der Waals surface area (Å²) in [6.45, 7) is 0. The molecule has 0 bridgehead atoms. The number of aromatic carboxylic acids is 1. The molecule has 1 aromatic rings. The predicted octanol–water partition coefficient (Wildman–Crippen LogP) is 1.59. The summed E-state index contributed by atoms with van der Waals surface area (Å²) < 4.78 is 0. The van der Waals surface area contributed by atoms with E-state index in [9.17, 15) is 9.59 Å². The summed E-state index contributed by atoms with van der Waals surface area (Å²) in [5.41, 5.74) is 0.420. The number of hydrogen-bond donors (Lipinski definition) is 1. The minimum atomic E-state index is -1.12. The molecule has 0 atom stereocenters. The molecule has 70 valence electrons. The Balaban J connectivity index is 3.19. The number of benzene rings is 1. The summed E-state index contributed by atoms with van der Waals surface area (Å²) in [6.07, 6.45) is 0.440. The van der Waals surface area contributed by atoms with Crippen molar-refractivity contribution in [1.82, 2.24) is 0 Å². The molecule has 0 unspecified atom stereocenters. The van der Waals surface area contributed by atoms with Gasteiger partial charge in [0.05, 0.1) is 10.6 Å². The van der Waals surface area contributed by atoms with E-state index in [0.717, 1.165) is 0 Å². The second kappa shape index (κ2) is 4.45. The first-order valence-corrected chi connectivity index (χ1v) is 4.01. The highest BCUT2D eigenvalue weighted by atomic mass is 35.5. The van der Waals surface area contributed by atoms with E-state index < -0.39 is 5.97 Å². The van der Waals surface area contributed by atoms with Crippen molar-refractivity contribution < 1.29 is 14.7 Å². The van der Waals surface area contributed by atoms with Crippen LogP contribution in [0.3, 0.4) is 0 Å². The van der Waals surface area contributed by atoms with Crippen LogP contribution in [0.5, 0.6) is 0 Å². The number of carboxylic acids is 1. The van der Waals surface area contributed by atoms with E-state index in [-0.39, 0.29) is 10.6 Å². The molecule has 4 heteroatoms. The van der Waals surface area contributed by atoms with Gasteiger partial charge in [-0.05, 0) is 24.1 Å². The van der Waals surface area contributed by atoms with Crippen molar-refractivity contribution in [3.8, 4) is 11.8 Å². The normalized spacial score (nSPS) is 8.64. The number of carbonyl (C=O) groups excluding carboxylic acids is 1. The highest BCUT2D eigenvalue weighted by molar-refractivity contribution is 6.33. The molecular formula is C10H5ClO3. The number of carbonyl (C=O) groups is 2. The van der Waals surface area contributed by atoms with Gasteiger partial charge in [0.15, 0.2) is 6.29 Å². The topological polar surface area (TPSA) is 54.4 Å². The van der Waals surface area contributed by atoms with Crippen molar-refractivity contribution in [1.29, 1.82) is 0 Å². The van der Waals surface area contributed by atoms with E-state index in [1.807, 2.05) is 0 Å². The van der Waals surface area contributed by atoms with Crippen molar-refractivity contribution in [2.75, 3.05) is 0 Å². The van der Waals surface area contributed by atoms with Gasteiger partial charge < -0.3 is 5.11 Å². The van der Waals surface area contributed by atoms with Gasteiger partial charge in [-0.25, -0.2) is 4.79 Å². The maximum atomic E-state index is 10.6. The summed E-state index contributed by atoms with van der Waals surface area (Å²) in [5.74, 6) is 3.54. The molecule has 0 spiro atoms. The SMILES string of the molecule is O=CC#Cc1ccc(Cl)c(C(=O)O)c1. The molecule has 0 aliphatic rings. The number of aldehydes is 1. The number of hydrogen-bond acceptors (Lipinski definition) is 2. The zero-order valence-corrected chi connectivity index (χ0v) is 7.71. The Morgan fingerprint density at radius 2 is 2.21 bits per heavy atom. The van der Waals surface area contributed by atoms with Crippen molar-refractivity contribution >= 4 is 23.9 Å². The number of carboxylic acid groups (broad SMARTS) is 1. The molecule has 1 aromatic carbocycles. The molecule has 0 aromatic heterocycles. The average Bonchev–Trinajstić information content (AvgIpc) is 2.16. The lowest BCUT2D eigenvalue weighted by atomic mass is 10.1. The molecule has 0 amide bonds. The zero-order valence-electron chi connectivity index (χ0n) is 6.95. The molecule has 14 heavy (non-hydrogen) atoms. The molecule has 1 rings (SSSR count).